The van der Waals surface area contributed by atoms with Crippen molar-refractivity contribution in [2.24, 2.45) is 0 Å². The van der Waals surface area contributed by atoms with Crippen molar-refractivity contribution >= 4 is 23.4 Å². The van der Waals surface area contributed by atoms with Gasteiger partial charge in [0.1, 0.15) is 23.5 Å². The minimum absolute atomic E-state index is 0.0682. The molecule has 0 amide bonds. The summed E-state index contributed by atoms with van der Waals surface area (Å²) < 4.78 is 17.8. The van der Waals surface area contributed by atoms with E-state index in [9.17, 15) is 9.90 Å². The molecular weight excluding hydrogens is 536 g/mol. The Balaban J connectivity index is 1.25. The molecule has 1 aliphatic rings. The molecule has 0 unspecified atom stereocenters. The first-order valence-corrected chi connectivity index (χ1v) is 13.9. The zero-order valence-electron chi connectivity index (χ0n) is 23.9. The van der Waals surface area contributed by atoms with Crippen molar-refractivity contribution in [3.05, 3.63) is 78.8 Å². The predicted octanol–water partition coefficient (Wildman–Crippen LogP) is 5.61. The average Bonchev–Trinajstić information content (AvgIpc) is 2.99. The van der Waals surface area contributed by atoms with Crippen LogP contribution in [0.25, 0.3) is 0 Å². The lowest BCUT2D eigenvalue weighted by Gasteiger charge is -2.33. The summed E-state index contributed by atoms with van der Waals surface area (Å²) in [5.41, 5.74) is -0.417. The smallest absolute Gasteiger partial charge is 0.313 e. The number of hydrogen-bond acceptors (Lipinski definition) is 10. The normalized spacial score (nSPS) is 15.1. The first-order valence-electron chi connectivity index (χ1n) is 13.9. The number of hydrogen-bond donors (Lipinski definition) is 2. The molecule has 0 radical (unpaired) electrons. The number of rotatable bonds is 11. The van der Waals surface area contributed by atoms with E-state index in [0.29, 0.717) is 53.6 Å². The molecule has 2 N–H and O–H groups in total. The van der Waals surface area contributed by atoms with Crippen LogP contribution in [0, 0.1) is 0 Å². The fraction of sp³-hybridized carbons (Fsp3) is 0.323. The SMILES string of the molecule is CCOc1cccnc1O[C@@H]1CCCN(c2cncc(Nc3cccc(Oc4cccc(C(C)(C)C(=O)O)c4)n3)n2)C1. The monoisotopic (exact) mass is 570 g/mol. The molecule has 3 aromatic heterocycles. The van der Waals surface area contributed by atoms with Gasteiger partial charge < -0.3 is 29.5 Å². The number of carboxylic acids is 1. The van der Waals surface area contributed by atoms with Crippen LogP contribution in [0.3, 0.4) is 0 Å². The molecule has 0 saturated carbocycles. The summed E-state index contributed by atoms with van der Waals surface area (Å²) in [5.74, 6) is 2.86. The van der Waals surface area contributed by atoms with E-state index >= 15 is 0 Å². The van der Waals surface area contributed by atoms with Crippen molar-refractivity contribution in [2.45, 2.75) is 45.1 Å². The molecule has 4 aromatic rings. The Morgan fingerprint density at radius 3 is 2.79 bits per heavy atom. The van der Waals surface area contributed by atoms with E-state index in [1.165, 1.54) is 0 Å². The van der Waals surface area contributed by atoms with Crippen molar-refractivity contribution in [1.29, 1.82) is 0 Å². The van der Waals surface area contributed by atoms with Crippen LogP contribution >= 0.6 is 0 Å². The number of piperidine rings is 1. The highest BCUT2D eigenvalue weighted by Crippen LogP contribution is 2.30. The quantitative estimate of drug-likeness (QED) is 0.233. The van der Waals surface area contributed by atoms with Gasteiger partial charge in [0.25, 0.3) is 5.88 Å². The Bertz CT molecular complexity index is 1530. The van der Waals surface area contributed by atoms with Crippen LogP contribution in [0.5, 0.6) is 23.3 Å². The minimum atomic E-state index is -1.05. The Labute approximate surface area is 244 Å². The molecule has 4 heterocycles. The fourth-order valence-electron chi connectivity index (χ4n) is 4.56. The molecule has 1 aromatic carbocycles. The van der Waals surface area contributed by atoms with Gasteiger partial charge in [0.2, 0.25) is 5.88 Å². The standard InChI is InChI=1S/C31H34N6O5/c1-4-40-24-12-7-15-33-29(24)42-23-11-8-16-37(20-23)27-19-32-18-26(35-27)34-25-13-6-14-28(36-25)41-22-10-5-9-21(17-22)31(2,3)30(38)39/h5-7,9-10,12-15,17-19,23H,4,8,11,16,20H2,1-3H3,(H,38,39)(H,34,35,36)/t23-/m1/s1. The summed E-state index contributed by atoms with van der Waals surface area (Å²) in [7, 11) is 0. The number of ether oxygens (including phenoxy) is 3. The maximum absolute atomic E-state index is 11.7. The summed E-state index contributed by atoms with van der Waals surface area (Å²) in [6.07, 6.45) is 6.84. The number of benzene rings is 1. The molecule has 218 valence electrons. The van der Waals surface area contributed by atoms with Crippen molar-refractivity contribution in [3.63, 3.8) is 0 Å². The molecule has 1 fully saturated rings. The van der Waals surface area contributed by atoms with E-state index in [1.54, 1.807) is 68.8 Å². The van der Waals surface area contributed by atoms with Gasteiger partial charge >= 0.3 is 5.97 Å². The molecule has 11 nitrogen and oxygen atoms in total. The second-order valence-corrected chi connectivity index (χ2v) is 10.4. The maximum atomic E-state index is 11.7. The van der Waals surface area contributed by atoms with E-state index in [2.05, 4.69) is 25.2 Å². The number of anilines is 3. The van der Waals surface area contributed by atoms with Gasteiger partial charge in [0.05, 0.1) is 31.0 Å². The molecule has 0 spiro atoms. The van der Waals surface area contributed by atoms with Crippen LogP contribution in [0.2, 0.25) is 0 Å². The Morgan fingerprint density at radius 1 is 1.10 bits per heavy atom. The van der Waals surface area contributed by atoms with E-state index in [0.717, 1.165) is 25.2 Å². The Hall–Kier alpha value is -4.93. The lowest BCUT2D eigenvalue weighted by molar-refractivity contribution is -0.142. The van der Waals surface area contributed by atoms with Crippen LogP contribution in [0.4, 0.5) is 17.5 Å². The zero-order chi connectivity index (χ0) is 29.5. The van der Waals surface area contributed by atoms with E-state index in [4.69, 9.17) is 19.2 Å². The zero-order valence-corrected chi connectivity index (χ0v) is 23.9. The topological polar surface area (TPSA) is 132 Å². The molecular formula is C31H34N6O5. The molecule has 42 heavy (non-hydrogen) atoms. The second kappa shape index (κ2) is 12.7. The van der Waals surface area contributed by atoms with Gasteiger partial charge in [-0.15, -0.1) is 0 Å². The van der Waals surface area contributed by atoms with Crippen molar-refractivity contribution in [3.8, 4) is 23.3 Å². The highest BCUT2D eigenvalue weighted by atomic mass is 16.5. The predicted molar refractivity (Wildman–Crippen MR) is 158 cm³/mol. The summed E-state index contributed by atoms with van der Waals surface area (Å²) in [4.78, 5) is 31.9. The molecule has 1 aliphatic heterocycles. The first kappa shape index (κ1) is 28.6. The number of pyridine rings is 2. The van der Waals surface area contributed by atoms with E-state index in [1.807, 2.05) is 25.1 Å². The van der Waals surface area contributed by atoms with Crippen molar-refractivity contribution in [2.75, 3.05) is 29.9 Å². The average molecular weight is 571 g/mol. The van der Waals surface area contributed by atoms with Crippen LogP contribution in [-0.2, 0) is 10.2 Å². The van der Waals surface area contributed by atoms with Gasteiger partial charge in [-0.1, -0.05) is 18.2 Å². The number of carbonyl (C=O) groups is 1. The third-order valence-corrected chi connectivity index (χ3v) is 6.93. The van der Waals surface area contributed by atoms with Gasteiger partial charge in [-0.25, -0.2) is 9.97 Å². The van der Waals surface area contributed by atoms with Crippen molar-refractivity contribution in [1.82, 2.24) is 19.9 Å². The minimum Gasteiger partial charge on any atom is -0.488 e. The van der Waals surface area contributed by atoms with Crippen LogP contribution < -0.4 is 24.4 Å². The highest BCUT2D eigenvalue weighted by molar-refractivity contribution is 5.80. The Kier molecular flexibility index (Phi) is 8.66. The summed E-state index contributed by atoms with van der Waals surface area (Å²) in [6.45, 7) is 7.25. The van der Waals surface area contributed by atoms with Gasteiger partial charge in [-0.3, -0.25) is 9.78 Å². The largest absolute Gasteiger partial charge is 0.488 e. The maximum Gasteiger partial charge on any atom is 0.313 e. The Morgan fingerprint density at radius 2 is 1.95 bits per heavy atom. The van der Waals surface area contributed by atoms with Gasteiger partial charge in [0, 0.05) is 18.8 Å². The lowest BCUT2D eigenvalue weighted by atomic mass is 9.85. The molecule has 11 heteroatoms. The summed E-state index contributed by atoms with van der Waals surface area (Å²) in [5, 5.41) is 12.8. The van der Waals surface area contributed by atoms with Crippen LogP contribution in [-0.4, -0.2) is 56.8 Å². The molecule has 0 aliphatic carbocycles. The number of carboxylic acid groups (broad SMARTS) is 1. The van der Waals surface area contributed by atoms with Gasteiger partial charge in [0.15, 0.2) is 11.6 Å². The lowest BCUT2D eigenvalue weighted by Crippen LogP contribution is -2.41. The fourth-order valence-corrected chi connectivity index (χ4v) is 4.56. The van der Waals surface area contributed by atoms with Crippen LogP contribution in [0.15, 0.2) is 73.2 Å². The molecule has 0 bridgehead atoms. The third-order valence-electron chi connectivity index (χ3n) is 6.93. The first-order chi connectivity index (χ1) is 20.3. The molecule has 1 saturated heterocycles. The van der Waals surface area contributed by atoms with E-state index < -0.39 is 11.4 Å². The molecule has 1 atom stereocenters. The number of nitrogens with zero attached hydrogens (tertiary/aromatic N) is 5. The third kappa shape index (κ3) is 6.85. The van der Waals surface area contributed by atoms with Crippen molar-refractivity contribution < 1.29 is 24.1 Å². The number of nitrogens with one attached hydrogen (secondary N) is 1. The summed E-state index contributed by atoms with van der Waals surface area (Å²) in [6, 6.07) is 16.1. The van der Waals surface area contributed by atoms with Gasteiger partial charge in [-0.05, 0) is 69.5 Å². The van der Waals surface area contributed by atoms with Gasteiger partial charge in [-0.2, -0.15) is 4.98 Å². The molecule has 5 rings (SSSR count). The summed E-state index contributed by atoms with van der Waals surface area (Å²) >= 11 is 0. The highest BCUT2D eigenvalue weighted by Gasteiger charge is 2.29. The number of aromatic nitrogens is 4. The second-order valence-electron chi connectivity index (χ2n) is 10.4. The number of aliphatic carboxylic acids is 1. The van der Waals surface area contributed by atoms with E-state index in [-0.39, 0.29) is 6.10 Å². The van der Waals surface area contributed by atoms with Crippen LogP contribution in [0.1, 0.15) is 39.2 Å².